The quantitative estimate of drug-likeness (QED) is 0.705. The van der Waals surface area contributed by atoms with Gasteiger partial charge in [0.25, 0.3) is 0 Å². The van der Waals surface area contributed by atoms with Crippen LogP contribution in [0, 0.1) is 0 Å². The number of benzene rings is 1. The maximum absolute atomic E-state index is 5.86. The van der Waals surface area contributed by atoms with Crippen molar-refractivity contribution in [1.29, 1.82) is 0 Å². The molecule has 2 aliphatic heterocycles. The summed E-state index contributed by atoms with van der Waals surface area (Å²) in [6.07, 6.45) is 0. The van der Waals surface area contributed by atoms with Crippen LogP contribution in [-0.2, 0) is 0 Å². The van der Waals surface area contributed by atoms with Crippen molar-refractivity contribution < 1.29 is 9.47 Å². The number of fused-ring (bicyclic) bond motifs is 3. The van der Waals surface area contributed by atoms with E-state index in [4.69, 9.17) is 9.47 Å². The SMILES string of the molecule is CC1COc2c(ccc3c2SC(C)CO3)S1. The first-order chi connectivity index (χ1) is 7.74. The lowest BCUT2D eigenvalue weighted by Gasteiger charge is -2.29. The van der Waals surface area contributed by atoms with Crippen LogP contribution < -0.4 is 9.47 Å². The van der Waals surface area contributed by atoms with Crippen LogP contribution in [-0.4, -0.2) is 23.7 Å². The van der Waals surface area contributed by atoms with Crippen molar-refractivity contribution in [3.05, 3.63) is 12.1 Å². The molecule has 0 saturated heterocycles. The second-order valence-electron chi connectivity index (χ2n) is 4.20. The molecule has 86 valence electrons. The molecule has 2 aliphatic rings. The predicted octanol–water partition coefficient (Wildman–Crippen LogP) is 3.43. The molecule has 0 aromatic heterocycles. The van der Waals surface area contributed by atoms with Gasteiger partial charge in [-0.25, -0.2) is 0 Å². The normalized spacial score (nSPS) is 27.4. The largest absolute Gasteiger partial charge is 0.491 e. The van der Waals surface area contributed by atoms with Gasteiger partial charge < -0.3 is 9.47 Å². The topological polar surface area (TPSA) is 18.5 Å². The summed E-state index contributed by atoms with van der Waals surface area (Å²) < 4.78 is 11.6. The summed E-state index contributed by atoms with van der Waals surface area (Å²) in [6.45, 7) is 5.97. The third-order valence-electron chi connectivity index (χ3n) is 2.62. The number of hydrogen-bond donors (Lipinski definition) is 0. The van der Waals surface area contributed by atoms with Gasteiger partial charge in [-0.3, -0.25) is 0 Å². The van der Waals surface area contributed by atoms with Gasteiger partial charge >= 0.3 is 0 Å². The molecule has 0 amide bonds. The molecule has 1 aromatic rings. The van der Waals surface area contributed by atoms with Crippen LogP contribution >= 0.6 is 23.5 Å². The Kier molecular flexibility index (Phi) is 2.72. The van der Waals surface area contributed by atoms with Crippen molar-refractivity contribution in [2.45, 2.75) is 34.1 Å². The Morgan fingerprint density at radius 2 is 1.81 bits per heavy atom. The first-order valence-electron chi connectivity index (χ1n) is 5.50. The van der Waals surface area contributed by atoms with Gasteiger partial charge in [-0.05, 0) is 26.0 Å². The van der Waals surface area contributed by atoms with E-state index in [1.807, 2.05) is 23.5 Å². The fourth-order valence-electron chi connectivity index (χ4n) is 1.88. The predicted molar refractivity (Wildman–Crippen MR) is 68.1 cm³/mol. The smallest absolute Gasteiger partial charge is 0.150 e. The molecule has 2 heterocycles. The molecule has 0 fully saturated rings. The van der Waals surface area contributed by atoms with E-state index in [2.05, 4.69) is 26.0 Å². The van der Waals surface area contributed by atoms with Crippen molar-refractivity contribution in [1.82, 2.24) is 0 Å². The molecule has 2 nitrogen and oxygen atoms in total. The molecule has 16 heavy (non-hydrogen) atoms. The van der Waals surface area contributed by atoms with E-state index in [1.54, 1.807) is 0 Å². The van der Waals surface area contributed by atoms with Crippen molar-refractivity contribution in [2.75, 3.05) is 13.2 Å². The number of hydrogen-bond acceptors (Lipinski definition) is 4. The van der Waals surface area contributed by atoms with Gasteiger partial charge in [0.05, 0.1) is 9.79 Å². The summed E-state index contributed by atoms with van der Waals surface area (Å²) in [5.74, 6) is 2.02. The summed E-state index contributed by atoms with van der Waals surface area (Å²) in [6, 6.07) is 4.19. The standard InChI is InChI=1S/C12H14O2S2/c1-7-6-14-11-10(15-7)4-3-9-12(11)16-8(2)5-13-9/h3-4,7-8H,5-6H2,1-2H3. The Hall–Kier alpha value is -0.480. The monoisotopic (exact) mass is 254 g/mol. The Morgan fingerprint density at radius 3 is 2.69 bits per heavy atom. The fraction of sp³-hybridized carbons (Fsp3) is 0.500. The van der Waals surface area contributed by atoms with Crippen molar-refractivity contribution in [3.8, 4) is 11.5 Å². The molecule has 2 unspecified atom stereocenters. The van der Waals surface area contributed by atoms with Gasteiger partial charge in [-0.2, -0.15) is 0 Å². The summed E-state index contributed by atoms with van der Waals surface area (Å²) in [5, 5.41) is 1.05. The van der Waals surface area contributed by atoms with Gasteiger partial charge in [0.15, 0.2) is 0 Å². The molecule has 3 rings (SSSR count). The van der Waals surface area contributed by atoms with E-state index < -0.39 is 0 Å². The van der Waals surface area contributed by atoms with Crippen LogP contribution in [0.3, 0.4) is 0 Å². The van der Waals surface area contributed by atoms with E-state index >= 15 is 0 Å². The highest BCUT2D eigenvalue weighted by molar-refractivity contribution is 8.01. The van der Waals surface area contributed by atoms with Crippen molar-refractivity contribution in [2.24, 2.45) is 0 Å². The summed E-state index contributed by atoms with van der Waals surface area (Å²) in [5.41, 5.74) is 0. The minimum absolute atomic E-state index is 0.506. The number of rotatable bonds is 0. The summed E-state index contributed by atoms with van der Waals surface area (Å²) in [4.78, 5) is 2.44. The second-order valence-corrected chi connectivity index (χ2v) is 7.13. The van der Waals surface area contributed by atoms with E-state index in [-0.39, 0.29) is 0 Å². The highest BCUT2D eigenvalue weighted by atomic mass is 32.2. The second kappa shape index (κ2) is 4.08. The molecule has 4 heteroatoms. The third-order valence-corrected chi connectivity index (χ3v) is 4.90. The van der Waals surface area contributed by atoms with Crippen LogP contribution in [0.1, 0.15) is 13.8 Å². The minimum Gasteiger partial charge on any atom is -0.491 e. The van der Waals surface area contributed by atoms with Crippen LogP contribution in [0.5, 0.6) is 11.5 Å². The molecular weight excluding hydrogens is 240 g/mol. The molecule has 0 bridgehead atoms. The van der Waals surface area contributed by atoms with E-state index in [0.29, 0.717) is 10.5 Å². The minimum atomic E-state index is 0.506. The van der Waals surface area contributed by atoms with Gasteiger partial charge in [-0.1, -0.05) is 0 Å². The highest BCUT2D eigenvalue weighted by Crippen LogP contribution is 2.50. The third kappa shape index (κ3) is 1.78. The summed E-state index contributed by atoms with van der Waals surface area (Å²) >= 11 is 3.76. The molecule has 0 spiro atoms. The number of ether oxygens (including phenoxy) is 2. The fourth-order valence-corrected chi connectivity index (χ4v) is 3.98. The van der Waals surface area contributed by atoms with E-state index in [9.17, 15) is 0 Å². The van der Waals surface area contributed by atoms with Crippen molar-refractivity contribution >= 4 is 23.5 Å². The lowest BCUT2D eigenvalue weighted by atomic mass is 10.3. The highest BCUT2D eigenvalue weighted by Gasteiger charge is 2.27. The van der Waals surface area contributed by atoms with Crippen molar-refractivity contribution in [3.63, 3.8) is 0 Å². The molecular formula is C12H14O2S2. The Labute approximate surface area is 104 Å². The average molecular weight is 254 g/mol. The molecule has 0 aliphatic carbocycles. The molecule has 0 saturated carbocycles. The summed E-state index contributed by atoms with van der Waals surface area (Å²) in [7, 11) is 0. The van der Waals surface area contributed by atoms with Crippen LogP contribution in [0.4, 0.5) is 0 Å². The maximum Gasteiger partial charge on any atom is 0.150 e. The Bertz CT molecular complexity index is 420. The zero-order chi connectivity index (χ0) is 11.1. The van der Waals surface area contributed by atoms with Gasteiger partial charge in [0.2, 0.25) is 0 Å². The molecule has 1 aromatic carbocycles. The van der Waals surface area contributed by atoms with E-state index in [1.165, 1.54) is 9.79 Å². The lowest BCUT2D eigenvalue weighted by Crippen LogP contribution is -2.20. The van der Waals surface area contributed by atoms with Gasteiger partial charge in [0, 0.05) is 10.5 Å². The molecule has 0 N–H and O–H groups in total. The first kappa shape index (κ1) is 10.7. The van der Waals surface area contributed by atoms with Gasteiger partial charge in [-0.15, -0.1) is 23.5 Å². The van der Waals surface area contributed by atoms with Crippen LogP contribution in [0.25, 0.3) is 0 Å². The number of thioether (sulfide) groups is 2. The molecule has 2 atom stereocenters. The van der Waals surface area contributed by atoms with E-state index in [0.717, 1.165) is 24.7 Å². The zero-order valence-electron chi connectivity index (χ0n) is 9.36. The zero-order valence-corrected chi connectivity index (χ0v) is 11.0. The first-order valence-corrected chi connectivity index (χ1v) is 7.26. The van der Waals surface area contributed by atoms with Crippen LogP contribution in [0.2, 0.25) is 0 Å². The Morgan fingerprint density at radius 1 is 1.06 bits per heavy atom. The van der Waals surface area contributed by atoms with Crippen LogP contribution in [0.15, 0.2) is 21.9 Å². The average Bonchev–Trinajstić information content (AvgIpc) is 2.28. The maximum atomic E-state index is 5.86. The molecule has 0 radical (unpaired) electrons. The lowest BCUT2D eigenvalue weighted by molar-refractivity contribution is 0.277. The Balaban J connectivity index is 2.04. The van der Waals surface area contributed by atoms with Gasteiger partial charge in [0.1, 0.15) is 24.7 Å².